The number of benzene rings is 1. The van der Waals surface area contributed by atoms with Crippen molar-refractivity contribution in [1.82, 2.24) is 4.90 Å². The fourth-order valence-electron chi connectivity index (χ4n) is 2.63. The quantitative estimate of drug-likeness (QED) is 0.838. The van der Waals surface area contributed by atoms with E-state index in [1.165, 1.54) is 25.3 Å². The van der Waals surface area contributed by atoms with Crippen molar-refractivity contribution in [3.63, 3.8) is 0 Å². The van der Waals surface area contributed by atoms with Gasteiger partial charge in [0.25, 0.3) is 0 Å². The molecule has 1 aliphatic heterocycles. The van der Waals surface area contributed by atoms with Gasteiger partial charge >= 0.3 is 12.0 Å². The molecule has 0 aliphatic carbocycles. The maximum Gasteiger partial charge on any atom is 0.321 e. The third-order valence-corrected chi connectivity index (χ3v) is 4.82. The topological polar surface area (TPSA) is 58.6 Å². The largest absolute Gasteiger partial charge is 0.468 e. The Morgan fingerprint density at radius 2 is 2.26 bits per heavy atom. The van der Waals surface area contributed by atoms with E-state index in [-0.39, 0.29) is 12.0 Å². The van der Waals surface area contributed by atoms with E-state index in [9.17, 15) is 9.59 Å². The Labute approximate surface area is 141 Å². The minimum atomic E-state index is -0.223. The Morgan fingerprint density at radius 1 is 1.43 bits per heavy atom. The van der Waals surface area contributed by atoms with E-state index in [1.54, 1.807) is 0 Å². The summed E-state index contributed by atoms with van der Waals surface area (Å²) >= 11 is 1.50. The molecule has 1 atom stereocenters. The molecule has 0 unspecified atom stereocenters. The number of likely N-dealkylation sites (tertiary alicyclic amines) is 1. The smallest absolute Gasteiger partial charge is 0.321 e. The first-order chi connectivity index (χ1) is 11.1. The van der Waals surface area contributed by atoms with Crippen molar-refractivity contribution in [3.05, 3.63) is 29.8 Å². The number of hydrogen-bond acceptors (Lipinski definition) is 4. The van der Waals surface area contributed by atoms with Gasteiger partial charge in [-0.05, 0) is 36.5 Å². The van der Waals surface area contributed by atoms with E-state index >= 15 is 0 Å². The van der Waals surface area contributed by atoms with E-state index < -0.39 is 0 Å². The molecule has 1 aliphatic rings. The highest BCUT2D eigenvalue weighted by Crippen LogP contribution is 2.19. The second kappa shape index (κ2) is 8.82. The molecule has 1 N–H and O–H groups in total. The van der Waals surface area contributed by atoms with Gasteiger partial charge in [-0.2, -0.15) is 0 Å². The van der Waals surface area contributed by atoms with Gasteiger partial charge in [-0.15, -0.1) is 11.8 Å². The first-order valence-electron chi connectivity index (χ1n) is 7.88. The molecule has 2 rings (SSSR count). The maximum atomic E-state index is 12.3. The normalized spacial score (nSPS) is 17.7. The Hall–Kier alpha value is -1.69. The molecule has 1 heterocycles. The second-order valence-corrected chi connectivity index (χ2v) is 6.88. The molecule has 0 radical (unpaired) electrons. The second-order valence-electron chi connectivity index (χ2n) is 5.89. The van der Waals surface area contributed by atoms with Crippen LogP contribution in [-0.4, -0.2) is 42.9 Å². The third kappa shape index (κ3) is 5.78. The molecule has 126 valence electrons. The lowest BCUT2D eigenvalue weighted by atomic mass is 10.0. The SMILES string of the molecule is COC(=O)CSCc1cccc(NC(=O)N2CCC[C@@H](C)C2)c1. The number of amides is 2. The average molecular weight is 336 g/mol. The summed E-state index contributed by atoms with van der Waals surface area (Å²) in [6.45, 7) is 3.82. The van der Waals surface area contributed by atoms with Crippen molar-refractivity contribution in [2.75, 3.05) is 31.3 Å². The number of anilines is 1. The first kappa shape index (κ1) is 17.7. The van der Waals surface area contributed by atoms with Crippen molar-refractivity contribution in [3.8, 4) is 0 Å². The van der Waals surface area contributed by atoms with Crippen molar-refractivity contribution in [1.29, 1.82) is 0 Å². The number of carbonyl (C=O) groups is 2. The van der Waals surface area contributed by atoms with Crippen LogP contribution in [0.2, 0.25) is 0 Å². The Morgan fingerprint density at radius 3 is 3.00 bits per heavy atom. The van der Waals surface area contributed by atoms with Crippen molar-refractivity contribution in [2.24, 2.45) is 5.92 Å². The number of rotatable bonds is 5. The summed E-state index contributed by atoms with van der Waals surface area (Å²) in [6.07, 6.45) is 2.26. The van der Waals surface area contributed by atoms with Gasteiger partial charge in [0, 0.05) is 24.5 Å². The van der Waals surface area contributed by atoms with Crippen LogP contribution in [-0.2, 0) is 15.3 Å². The number of thioether (sulfide) groups is 1. The van der Waals surface area contributed by atoms with Crippen molar-refractivity contribution < 1.29 is 14.3 Å². The Balaban J connectivity index is 1.86. The van der Waals surface area contributed by atoms with Gasteiger partial charge in [-0.3, -0.25) is 4.79 Å². The molecule has 1 fully saturated rings. The summed E-state index contributed by atoms with van der Waals surface area (Å²) in [6, 6.07) is 7.72. The van der Waals surface area contributed by atoms with Gasteiger partial charge in [-0.1, -0.05) is 19.1 Å². The Bertz CT molecular complexity index is 550. The molecule has 0 saturated carbocycles. The zero-order valence-corrected chi connectivity index (χ0v) is 14.5. The van der Waals surface area contributed by atoms with Crippen molar-refractivity contribution in [2.45, 2.75) is 25.5 Å². The molecule has 1 saturated heterocycles. The highest BCUT2D eigenvalue weighted by molar-refractivity contribution is 7.99. The molecule has 2 amide bonds. The standard InChI is InChI=1S/C17H24N2O3S/c1-13-5-4-8-19(10-13)17(21)18-15-7-3-6-14(9-15)11-23-12-16(20)22-2/h3,6-7,9,13H,4-5,8,10-12H2,1-2H3,(H,18,21)/t13-/m1/s1. The fraction of sp³-hybridized carbons (Fsp3) is 0.529. The lowest BCUT2D eigenvalue weighted by Crippen LogP contribution is -2.41. The molecular weight excluding hydrogens is 312 g/mol. The van der Waals surface area contributed by atoms with Crippen LogP contribution in [0.5, 0.6) is 0 Å². The number of esters is 1. The molecule has 0 bridgehead atoms. The number of methoxy groups -OCH3 is 1. The minimum absolute atomic E-state index is 0.0316. The van der Waals surface area contributed by atoms with Crippen molar-refractivity contribution >= 4 is 29.4 Å². The molecule has 23 heavy (non-hydrogen) atoms. The maximum absolute atomic E-state index is 12.3. The fourth-order valence-corrected chi connectivity index (χ4v) is 3.43. The van der Waals surface area contributed by atoms with Gasteiger partial charge in [0.05, 0.1) is 12.9 Å². The predicted octanol–water partition coefficient (Wildman–Crippen LogP) is 3.36. The van der Waals surface area contributed by atoms with Crippen LogP contribution in [0.25, 0.3) is 0 Å². The lowest BCUT2D eigenvalue weighted by molar-refractivity contribution is -0.137. The molecule has 1 aromatic carbocycles. The van der Waals surface area contributed by atoms with Crippen LogP contribution in [0.3, 0.4) is 0 Å². The molecule has 5 nitrogen and oxygen atoms in total. The highest BCUT2D eigenvalue weighted by Gasteiger charge is 2.20. The number of nitrogens with one attached hydrogen (secondary N) is 1. The summed E-state index contributed by atoms with van der Waals surface area (Å²) < 4.78 is 4.62. The van der Waals surface area contributed by atoms with Crippen LogP contribution in [0.4, 0.5) is 10.5 Å². The van der Waals surface area contributed by atoms with E-state index in [0.717, 1.165) is 30.8 Å². The summed E-state index contributed by atoms with van der Waals surface area (Å²) in [5.41, 5.74) is 1.87. The number of urea groups is 1. The Kier molecular flexibility index (Phi) is 6.77. The van der Waals surface area contributed by atoms with Crippen LogP contribution < -0.4 is 5.32 Å². The molecule has 0 spiro atoms. The average Bonchev–Trinajstić information content (AvgIpc) is 2.55. The zero-order valence-electron chi connectivity index (χ0n) is 13.7. The van der Waals surface area contributed by atoms with Crippen LogP contribution in [0, 0.1) is 5.92 Å². The van der Waals surface area contributed by atoms with E-state index in [1.807, 2.05) is 29.2 Å². The van der Waals surface area contributed by atoms with E-state index in [4.69, 9.17) is 0 Å². The lowest BCUT2D eigenvalue weighted by Gasteiger charge is -2.31. The molecule has 6 heteroatoms. The van der Waals surface area contributed by atoms with Gasteiger partial charge in [0.15, 0.2) is 0 Å². The minimum Gasteiger partial charge on any atom is -0.468 e. The van der Waals surface area contributed by atoms with E-state index in [2.05, 4.69) is 17.0 Å². The molecular formula is C17H24N2O3S. The summed E-state index contributed by atoms with van der Waals surface area (Å²) in [4.78, 5) is 25.3. The third-order valence-electron chi connectivity index (χ3n) is 3.84. The molecule has 1 aromatic rings. The van der Waals surface area contributed by atoms with Crippen LogP contribution in [0.1, 0.15) is 25.3 Å². The number of nitrogens with zero attached hydrogens (tertiary/aromatic N) is 1. The summed E-state index contributed by atoms with van der Waals surface area (Å²) in [5.74, 6) is 1.38. The van der Waals surface area contributed by atoms with Gasteiger partial charge in [-0.25, -0.2) is 4.79 Å². The highest BCUT2D eigenvalue weighted by atomic mass is 32.2. The van der Waals surface area contributed by atoms with Crippen LogP contribution >= 0.6 is 11.8 Å². The number of piperidine rings is 1. The summed E-state index contributed by atoms with van der Waals surface area (Å²) in [7, 11) is 1.39. The molecule has 0 aromatic heterocycles. The first-order valence-corrected chi connectivity index (χ1v) is 9.03. The predicted molar refractivity (Wildman–Crippen MR) is 93.6 cm³/mol. The van der Waals surface area contributed by atoms with Gasteiger partial charge < -0.3 is 15.0 Å². The zero-order chi connectivity index (χ0) is 16.7. The number of ether oxygens (including phenoxy) is 1. The summed E-state index contributed by atoms with van der Waals surface area (Å²) in [5, 5.41) is 2.97. The van der Waals surface area contributed by atoms with Crippen LogP contribution in [0.15, 0.2) is 24.3 Å². The number of carbonyl (C=O) groups excluding carboxylic acids is 2. The van der Waals surface area contributed by atoms with Gasteiger partial charge in [0.1, 0.15) is 0 Å². The van der Waals surface area contributed by atoms with E-state index in [0.29, 0.717) is 17.4 Å². The number of hydrogen-bond donors (Lipinski definition) is 1. The monoisotopic (exact) mass is 336 g/mol. The van der Waals surface area contributed by atoms with Gasteiger partial charge in [0.2, 0.25) is 0 Å².